The average molecular weight is 224 g/mol. The minimum atomic E-state index is -3.07. The molecule has 0 aromatic heterocycles. The second kappa shape index (κ2) is 3.98. The van der Waals surface area contributed by atoms with Gasteiger partial charge in [-0.3, -0.25) is 4.79 Å². The first-order valence-corrected chi connectivity index (χ1v) is 6.77. The van der Waals surface area contributed by atoms with Gasteiger partial charge in [0.1, 0.15) is 5.78 Å². The maximum absolute atomic E-state index is 11.0. The molecule has 0 spiro atoms. The largest absolute Gasteiger partial charge is 0.391 e. The Morgan fingerprint density at radius 2 is 2.15 bits per heavy atom. The zero-order valence-corrected chi connectivity index (χ0v) is 8.90. The van der Waals surface area contributed by atoms with Gasteiger partial charge in [0.15, 0.2) is 9.84 Å². The predicted octanol–water partition coefficient (Wildman–Crippen LogP) is -0.533. The second-order valence-electron chi connectivity index (χ2n) is 3.20. The second-order valence-corrected chi connectivity index (χ2v) is 6.58. The minimum absolute atomic E-state index is 0.00139. The fourth-order valence-electron chi connectivity index (χ4n) is 1.18. The summed E-state index contributed by atoms with van der Waals surface area (Å²) >= 11 is 1.22. The number of aliphatic hydroxyl groups is 1. The van der Waals surface area contributed by atoms with Gasteiger partial charge in [0, 0.05) is 5.25 Å². The van der Waals surface area contributed by atoms with Crippen LogP contribution in [0.25, 0.3) is 0 Å². The molecule has 0 aromatic rings. The predicted molar refractivity (Wildman–Crippen MR) is 51.6 cm³/mol. The zero-order chi connectivity index (χ0) is 10.1. The first kappa shape index (κ1) is 11.0. The van der Waals surface area contributed by atoms with Crippen LogP contribution in [-0.4, -0.2) is 47.9 Å². The third kappa shape index (κ3) is 3.28. The van der Waals surface area contributed by atoms with Gasteiger partial charge in [-0.2, -0.15) is 0 Å². The molecule has 1 N–H and O–H groups in total. The molecule has 4 nitrogen and oxygen atoms in total. The van der Waals surface area contributed by atoms with Gasteiger partial charge in [0.2, 0.25) is 0 Å². The Kier molecular flexibility index (Phi) is 3.37. The van der Waals surface area contributed by atoms with E-state index in [9.17, 15) is 18.3 Å². The summed E-state index contributed by atoms with van der Waals surface area (Å²) in [4.78, 5) is 10.6. The maximum Gasteiger partial charge on any atom is 0.154 e. The molecule has 0 aliphatic carbocycles. The Labute approximate surface area is 81.6 Å². The van der Waals surface area contributed by atoms with Gasteiger partial charge in [-0.25, -0.2) is 8.42 Å². The van der Waals surface area contributed by atoms with E-state index in [-0.39, 0.29) is 28.3 Å². The third-order valence-corrected chi connectivity index (χ3v) is 5.18. The van der Waals surface area contributed by atoms with Crippen LogP contribution in [0.2, 0.25) is 0 Å². The molecule has 1 aliphatic heterocycles. The van der Waals surface area contributed by atoms with Gasteiger partial charge < -0.3 is 5.11 Å². The lowest BCUT2D eigenvalue weighted by molar-refractivity contribution is -0.114. The highest BCUT2D eigenvalue weighted by atomic mass is 32.2. The van der Waals surface area contributed by atoms with Crippen molar-refractivity contribution < 1.29 is 18.3 Å². The molecule has 1 fully saturated rings. The highest BCUT2D eigenvalue weighted by Gasteiger charge is 2.36. The first-order chi connectivity index (χ1) is 5.91. The molecule has 0 saturated carbocycles. The van der Waals surface area contributed by atoms with Crippen LogP contribution in [0, 0.1) is 0 Å². The molecule has 0 amide bonds. The van der Waals surface area contributed by atoms with Crippen LogP contribution in [0.1, 0.15) is 6.92 Å². The smallest absolute Gasteiger partial charge is 0.154 e. The van der Waals surface area contributed by atoms with E-state index in [1.807, 2.05) is 0 Å². The topological polar surface area (TPSA) is 71.4 Å². The maximum atomic E-state index is 11.0. The monoisotopic (exact) mass is 224 g/mol. The van der Waals surface area contributed by atoms with E-state index in [1.165, 1.54) is 18.7 Å². The van der Waals surface area contributed by atoms with Gasteiger partial charge in [-0.05, 0) is 6.92 Å². The van der Waals surface area contributed by atoms with Gasteiger partial charge in [0.05, 0.1) is 23.4 Å². The number of hydrogen-bond donors (Lipinski definition) is 1. The molecule has 1 heterocycles. The summed E-state index contributed by atoms with van der Waals surface area (Å²) in [6, 6.07) is 0. The van der Waals surface area contributed by atoms with Crippen molar-refractivity contribution >= 4 is 27.4 Å². The normalized spacial score (nSPS) is 31.8. The summed E-state index contributed by atoms with van der Waals surface area (Å²) in [6.07, 6.45) is -0.811. The quantitative estimate of drug-likeness (QED) is 0.697. The van der Waals surface area contributed by atoms with Crippen molar-refractivity contribution in [2.75, 3.05) is 17.3 Å². The fourth-order valence-corrected chi connectivity index (χ4v) is 4.69. The Morgan fingerprint density at radius 1 is 1.54 bits per heavy atom. The molecular weight excluding hydrogens is 212 g/mol. The number of hydrogen-bond acceptors (Lipinski definition) is 5. The van der Waals surface area contributed by atoms with Crippen molar-refractivity contribution in [3.63, 3.8) is 0 Å². The summed E-state index contributed by atoms with van der Waals surface area (Å²) in [5, 5.41) is 9.00. The zero-order valence-electron chi connectivity index (χ0n) is 7.26. The molecule has 0 aromatic carbocycles. The lowest BCUT2D eigenvalue weighted by Gasteiger charge is -2.09. The number of carbonyl (C=O) groups excluding carboxylic acids is 1. The summed E-state index contributed by atoms with van der Waals surface area (Å²) in [5.41, 5.74) is 0. The van der Waals surface area contributed by atoms with E-state index >= 15 is 0 Å². The standard InChI is InChI=1S/C7H12O4S2/c1-5(8)2-12-7-4-13(10,11)3-6(7)9/h6-7,9H,2-4H2,1H3. The van der Waals surface area contributed by atoms with E-state index in [0.29, 0.717) is 0 Å². The Bertz CT molecular complexity index is 296. The number of ketones is 1. The lowest BCUT2D eigenvalue weighted by Crippen LogP contribution is -2.21. The molecule has 1 aliphatic rings. The van der Waals surface area contributed by atoms with Crippen molar-refractivity contribution in [3.05, 3.63) is 0 Å². The molecule has 1 rings (SSSR count). The minimum Gasteiger partial charge on any atom is -0.391 e. The van der Waals surface area contributed by atoms with E-state index < -0.39 is 15.9 Å². The van der Waals surface area contributed by atoms with Crippen molar-refractivity contribution in [2.24, 2.45) is 0 Å². The van der Waals surface area contributed by atoms with E-state index in [0.717, 1.165) is 0 Å². The van der Waals surface area contributed by atoms with Crippen LogP contribution >= 0.6 is 11.8 Å². The van der Waals surface area contributed by atoms with Gasteiger partial charge >= 0.3 is 0 Å². The van der Waals surface area contributed by atoms with E-state index in [2.05, 4.69) is 0 Å². The lowest BCUT2D eigenvalue weighted by atomic mass is 10.3. The molecule has 2 unspecified atom stereocenters. The molecule has 76 valence electrons. The third-order valence-electron chi connectivity index (χ3n) is 1.77. The summed E-state index contributed by atoms with van der Waals surface area (Å²) in [5.74, 6) is 0.104. The van der Waals surface area contributed by atoms with Crippen LogP contribution < -0.4 is 0 Å². The fraction of sp³-hybridized carbons (Fsp3) is 0.857. The molecular formula is C7H12O4S2. The van der Waals surface area contributed by atoms with Crippen molar-refractivity contribution in [2.45, 2.75) is 18.3 Å². The Morgan fingerprint density at radius 3 is 2.54 bits per heavy atom. The van der Waals surface area contributed by atoms with Crippen molar-refractivity contribution in [1.82, 2.24) is 0 Å². The number of thioether (sulfide) groups is 1. The van der Waals surface area contributed by atoms with Crippen molar-refractivity contribution in [3.8, 4) is 0 Å². The van der Waals surface area contributed by atoms with Gasteiger partial charge in [0.25, 0.3) is 0 Å². The highest BCUT2D eigenvalue weighted by Crippen LogP contribution is 2.24. The van der Waals surface area contributed by atoms with Crippen molar-refractivity contribution in [1.29, 1.82) is 0 Å². The van der Waals surface area contributed by atoms with Gasteiger partial charge in [-0.15, -0.1) is 11.8 Å². The molecule has 0 bridgehead atoms. The highest BCUT2D eigenvalue weighted by molar-refractivity contribution is 8.02. The molecule has 0 radical (unpaired) electrons. The van der Waals surface area contributed by atoms with Gasteiger partial charge in [-0.1, -0.05) is 0 Å². The molecule has 6 heteroatoms. The summed E-state index contributed by atoms with van der Waals surface area (Å²) in [6.45, 7) is 1.45. The van der Waals surface area contributed by atoms with Crippen LogP contribution in [0.3, 0.4) is 0 Å². The van der Waals surface area contributed by atoms with E-state index in [1.54, 1.807) is 0 Å². The SMILES string of the molecule is CC(=O)CSC1CS(=O)(=O)CC1O. The number of rotatable bonds is 3. The Balaban J connectivity index is 2.49. The van der Waals surface area contributed by atoms with Crippen LogP contribution in [0.5, 0.6) is 0 Å². The molecule has 13 heavy (non-hydrogen) atoms. The molecule has 2 atom stereocenters. The summed E-state index contributed by atoms with van der Waals surface area (Å²) in [7, 11) is -3.07. The van der Waals surface area contributed by atoms with Crippen LogP contribution in [-0.2, 0) is 14.6 Å². The van der Waals surface area contributed by atoms with Crippen LogP contribution in [0.15, 0.2) is 0 Å². The summed E-state index contributed by atoms with van der Waals surface area (Å²) < 4.78 is 22.1. The number of sulfone groups is 1. The first-order valence-electron chi connectivity index (χ1n) is 3.90. The van der Waals surface area contributed by atoms with Crippen LogP contribution in [0.4, 0.5) is 0 Å². The number of Topliss-reactive ketones (excluding diaryl/α,β-unsaturated/α-hetero) is 1. The average Bonchev–Trinajstić information content (AvgIpc) is 2.20. The Hall–Kier alpha value is -0.0700. The van der Waals surface area contributed by atoms with E-state index in [4.69, 9.17) is 0 Å². The molecule has 1 saturated heterocycles. The number of aliphatic hydroxyl groups excluding tert-OH is 1. The number of carbonyl (C=O) groups is 1.